The van der Waals surface area contributed by atoms with Gasteiger partial charge in [0.05, 0.1) is 5.71 Å². The number of nitrogens with zero attached hydrogens (tertiary/aromatic N) is 1. The van der Waals surface area contributed by atoms with Crippen molar-refractivity contribution < 1.29 is 4.79 Å². The number of nitrogens with one attached hydrogen (secondary N) is 1. The van der Waals surface area contributed by atoms with Gasteiger partial charge in [-0.05, 0) is 62.4 Å². The van der Waals surface area contributed by atoms with Gasteiger partial charge in [-0.25, -0.2) is 5.43 Å². The summed E-state index contributed by atoms with van der Waals surface area (Å²) in [4.78, 5) is 12.0. The molecule has 1 atom stereocenters. The molecule has 110 valence electrons. The fraction of sp³-hybridized carbons (Fsp3) is 0.294. The lowest BCUT2D eigenvalue weighted by atomic mass is 9.85. The molecular weight excluding hydrogens is 262 g/mol. The Bertz CT molecular complexity index is 611. The molecule has 2 rings (SSSR count). The second-order valence-electron chi connectivity index (χ2n) is 5.49. The van der Waals surface area contributed by atoms with E-state index >= 15 is 0 Å². The van der Waals surface area contributed by atoms with Gasteiger partial charge in [0.1, 0.15) is 0 Å². The quantitative estimate of drug-likeness (QED) is 0.508. The molecule has 0 radical (unpaired) electrons. The van der Waals surface area contributed by atoms with E-state index in [9.17, 15) is 4.79 Å². The van der Waals surface area contributed by atoms with E-state index in [2.05, 4.69) is 23.2 Å². The van der Waals surface area contributed by atoms with E-state index in [1.165, 1.54) is 0 Å². The molecule has 21 heavy (non-hydrogen) atoms. The Balaban J connectivity index is 2.07. The van der Waals surface area contributed by atoms with E-state index in [1.807, 2.05) is 13.8 Å². The van der Waals surface area contributed by atoms with Gasteiger partial charge in [0.2, 0.25) is 0 Å². The van der Waals surface area contributed by atoms with Crippen molar-refractivity contribution in [3.05, 3.63) is 53.6 Å². The third kappa shape index (κ3) is 3.81. The molecule has 0 fully saturated rings. The van der Waals surface area contributed by atoms with Crippen molar-refractivity contribution >= 4 is 17.3 Å². The molecule has 1 aromatic carbocycles. The average Bonchev–Trinajstić information content (AvgIpc) is 2.46. The van der Waals surface area contributed by atoms with Crippen LogP contribution in [0.25, 0.3) is 0 Å². The second kappa shape index (κ2) is 6.39. The third-order valence-electron chi connectivity index (χ3n) is 3.77. The van der Waals surface area contributed by atoms with Crippen molar-refractivity contribution in [3.63, 3.8) is 0 Å². The highest BCUT2D eigenvalue weighted by atomic mass is 16.2. The summed E-state index contributed by atoms with van der Waals surface area (Å²) >= 11 is 0. The van der Waals surface area contributed by atoms with Gasteiger partial charge in [0.25, 0.3) is 5.91 Å². The molecule has 0 spiro atoms. The van der Waals surface area contributed by atoms with Gasteiger partial charge in [-0.1, -0.05) is 18.2 Å². The standard InChI is InChI=1S/C17H21N3O/c1-11(2)14-5-4-12(3)16(10-14)19-20-17(21)13-6-8-15(18)9-7-13/h4,6-9,14H,1,5,10,18H2,2-3H3,(H,20,21)/b19-16+/t14-/m1/s1. The smallest absolute Gasteiger partial charge is 0.271 e. The number of amides is 1. The van der Waals surface area contributed by atoms with Gasteiger partial charge in [0, 0.05) is 11.3 Å². The molecule has 0 saturated carbocycles. The zero-order valence-electron chi connectivity index (χ0n) is 12.5. The number of carbonyl (C=O) groups excluding carboxylic acids is 1. The van der Waals surface area contributed by atoms with Crippen LogP contribution in [-0.2, 0) is 0 Å². The molecule has 1 aliphatic carbocycles. The number of anilines is 1. The first-order valence-corrected chi connectivity index (χ1v) is 7.02. The molecule has 0 heterocycles. The lowest BCUT2D eigenvalue weighted by Gasteiger charge is -2.22. The Morgan fingerprint density at radius 1 is 1.38 bits per heavy atom. The number of allylic oxidation sites excluding steroid dienone is 3. The zero-order chi connectivity index (χ0) is 15.4. The maximum absolute atomic E-state index is 12.0. The van der Waals surface area contributed by atoms with Crippen LogP contribution in [-0.4, -0.2) is 11.6 Å². The minimum atomic E-state index is -0.229. The van der Waals surface area contributed by atoms with E-state index < -0.39 is 0 Å². The van der Waals surface area contributed by atoms with Crippen molar-refractivity contribution in [1.29, 1.82) is 0 Å². The number of carbonyl (C=O) groups is 1. The Morgan fingerprint density at radius 3 is 2.67 bits per heavy atom. The fourth-order valence-corrected chi connectivity index (χ4v) is 2.24. The van der Waals surface area contributed by atoms with Gasteiger partial charge in [0.15, 0.2) is 0 Å². The fourth-order valence-electron chi connectivity index (χ4n) is 2.24. The van der Waals surface area contributed by atoms with Crippen LogP contribution in [0, 0.1) is 5.92 Å². The lowest BCUT2D eigenvalue weighted by molar-refractivity contribution is 0.0954. The van der Waals surface area contributed by atoms with E-state index in [-0.39, 0.29) is 5.91 Å². The summed E-state index contributed by atoms with van der Waals surface area (Å²) in [5, 5.41) is 4.27. The molecule has 0 saturated heterocycles. The number of nitrogen functional groups attached to an aromatic ring is 1. The van der Waals surface area contributed by atoms with Crippen molar-refractivity contribution in [2.24, 2.45) is 11.0 Å². The van der Waals surface area contributed by atoms with Crippen molar-refractivity contribution in [2.45, 2.75) is 26.7 Å². The Labute approximate surface area is 125 Å². The Morgan fingerprint density at radius 2 is 2.05 bits per heavy atom. The summed E-state index contributed by atoms with van der Waals surface area (Å²) in [5.41, 5.74) is 12.6. The number of hydrazone groups is 1. The summed E-state index contributed by atoms with van der Waals surface area (Å²) in [6.45, 7) is 8.05. The van der Waals surface area contributed by atoms with E-state index in [0.29, 0.717) is 17.2 Å². The molecule has 0 unspecified atom stereocenters. The summed E-state index contributed by atoms with van der Waals surface area (Å²) in [6, 6.07) is 6.77. The van der Waals surface area contributed by atoms with Gasteiger partial charge >= 0.3 is 0 Å². The molecule has 3 N–H and O–H groups in total. The molecule has 1 aliphatic rings. The molecule has 1 aromatic rings. The highest BCUT2D eigenvalue weighted by Crippen LogP contribution is 2.26. The predicted molar refractivity (Wildman–Crippen MR) is 87.1 cm³/mol. The predicted octanol–water partition coefficient (Wildman–Crippen LogP) is 3.29. The molecule has 1 amide bonds. The lowest BCUT2D eigenvalue weighted by Crippen LogP contribution is -2.23. The molecular formula is C17H21N3O. The first-order valence-electron chi connectivity index (χ1n) is 7.02. The van der Waals surface area contributed by atoms with E-state index in [0.717, 1.165) is 29.7 Å². The Kier molecular flexibility index (Phi) is 4.58. The molecule has 4 heteroatoms. The summed E-state index contributed by atoms with van der Waals surface area (Å²) < 4.78 is 0. The third-order valence-corrected chi connectivity index (χ3v) is 3.77. The number of rotatable bonds is 3. The number of hydrogen-bond donors (Lipinski definition) is 2. The zero-order valence-corrected chi connectivity index (χ0v) is 12.5. The first-order chi connectivity index (χ1) is 9.97. The second-order valence-corrected chi connectivity index (χ2v) is 5.49. The monoisotopic (exact) mass is 283 g/mol. The van der Waals surface area contributed by atoms with Crippen LogP contribution in [0.2, 0.25) is 0 Å². The maximum Gasteiger partial charge on any atom is 0.271 e. The van der Waals surface area contributed by atoms with Crippen molar-refractivity contribution in [3.8, 4) is 0 Å². The van der Waals surface area contributed by atoms with Crippen LogP contribution >= 0.6 is 0 Å². The summed E-state index contributed by atoms with van der Waals surface area (Å²) in [7, 11) is 0. The topological polar surface area (TPSA) is 67.5 Å². The normalized spacial score (nSPS) is 20.0. The van der Waals surface area contributed by atoms with E-state index in [4.69, 9.17) is 5.73 Å². The van der Waals surface area contributed by atoms with Gasteiger partial charge in [-0.2, -0.15) is 5.10 Å². The van der Waals surface area contributed by atoms with Crippen LogP contribution in [0.4, 0.5) is 5.69 Å². The summed E-state index contributed by atoms with van der Waals surface area (Å²) in [5.74, 6) is 0.175. The van der Waals surface area contributed by atoms with Crippen molar-refractivity contribution in [2.75, 3.05) is 5.73 Å². The van der Waals surface area contributed by atoms with Gasteiger partial charge in [-0.15, -0.1) is 0 Å². The molecule has 0 aromatic heterocycles. The molecule has 0 aliphatic heterocycles. The number of nitrogens with two attached hydrogens (primary N) is 1. The first kappa shape index (κ1) is 15.0. The van der Waals surface area contributed by atoms with Crippen LogP contribution in [0.3, 0.4) is 0 Å². The van der Waals surface area contributed by atoms with Gasteiger partial charge < -0.3 is 5.73 Å². The minimum Gasteiger partial charge on any atom is -0.399 e. The van der Waals surface area contributed by atoms with E-state index in [1.54, 1.807) is 24.3 Å². The largest absolute Gasteiger partial charge is 0.399 e. The molecule has 0 bridgehead atoms. The number of hydrogen-bond acceptors (Lipinski definition) is 3. The van der Waals surface area contributed by atoms with Crippen LogP contribution in [0.15, 0.2) is 53.2 Å². The summed E-state index contributed by atoms with van der Waals surface area (Å²) in [6.07, 6.45) is 3.96. The van der Waals surface area contributed by atoms with Crippen LogP contribution < -0.4 is 11.2 Å². The Hall–Kier alpha value is -2.36. The highest BCUT2D eigenvalue weighted by molar-refractivity contribution is 6.02. The van der Waals surface area contributed by atoms with Crippen LogP contribution in [0.5, 0.6) is 0 Å². The minimum absolute atomic E-state index is 0.229. The average molecular weight is 283 g/mol. The van der Waals surface area contributed by atoms with Crippen LogP contribution in [0.1, 0.15) is 37.0 Å². The maximum atomic E-state index is 12.0. The highest BCUT2D eigenvalue weighted by Gasteiger charge is 2.18. The SMILES string of the molecule is C=C(C)[C@@H]1CC=C(C)/C(=N/NC(=O)c2ccc(N)cc2)C1. The number of benzene rings is 1. The van der Waals surface area contributed by atoms with Gasteiger partial charge in [-0.3, -0.25) is 4.79 Å². The van der Waals surface area contributed by atoms with Crippen molar-refractivity contribution in [1.82, 2.24) is 5.43 Å². The molecule has 4 nitrogen and oxygen atoms in total.